The molecule has 1 amide bonds. The van der Waals surface area contributed by atoms with Crippen molar-refractivity contribution >= 4 is 17.3 Å². The van der Waals surface area contributed by atoms with E-state index >= 15 is 0 Å². The van der Waals surface area contributed by atoms with Crippen molar-refractivity contribution in [3.63, 3.8) is 0 Å². The Bertz CT molecular complexity index is 754. The first-order chi connectivity index (χ1) is 13.6. The second-order valence-corrected chi connectivity index (χ2v) is 7.01. The van der Waals surface area contributed by atoms with Gasteiger partial charge < -0.3 is 24.6 Å². The van der Waals surface area contributed by atoms with Crippen molar-refractivity contribution in [2.24, 2.45) is 0 Å². The van der Waals surface area contributed by atoms with E-state index in [0.717, 1.165) is 43.4 Å². The molecule has 1 atom stereocenters. The molecule has 0 aliphatic carbocycles. The van der Waals surface area contributed by atoms with Gasteiger partial charge in [0, 0.05) is 11.4 Å². The van der Waals surface area contributed by atoms with Gasteiger partial charge in [-0.1, -0.05) is 0 Å². The first kappa shape index (κ1) is 20.0. The fourth-order valence-corrected chi connectivity index (χ4v) is 3.52. The number of carbonyl (C=O) groups is 1. The van der Waals surface area contributed by atoms with Gasteiger partial charge in [-0.15, -0.1) is 0 Å². The van der Waals surface area contributed by atoms with Crippen LogP contribution in [-0.4, -0.2) is 51.8 Å². The molecule has 2 aromatic rings. The van der Waals surface area contributed by atoms with E-state index in [1.165, 1.54) is 10.6 Å². The molecule has 28 heavy (non-hydrogen) atoms. The third-order valence-corrected chi connectivity index (χ3v) is 5.28. The molecule has 6 nitrogen and oxygen atoms in total. The van der Waals surface area contributed by atoms with Crippen molar-refractivity contribution in [2.45, 2.75) is 19.9 Å². The maximum Gasteiger partial charge on any atom is 0.282 e. The van der Waals surface area contributed by atoms with Gasteiger partial charge in [-0.2, -0.15) is 0 Å². The lowest BCUT2D eigenvalue weighted by atomic mass is 10.2. The highest BCUT2D eigenvalue weighted by Crippen LogP contribution is 2.19. The minimum absolute atomic E-state index is 0.0528. The smallest absolute Gasteiger partial charge is 0.282 e. The molecule has 1 saturated heterocycles. The van der Waals surface area contributed by atoms with E-state index in [1.54, 1.807) is 7.11 Å². The molecule has 2 aromatic carbocycles. The summed E-state index contributed by atoms with van der Waals surface area (Å²) in [6.07, 6.45) is 0. The van der Waals surface area contributed by atoms with E-state index in [4.69, 9.17) is 9.47 Å². The molecule has 0 radical (unpaired) electrons. The third-order valence-electron chi connectivity index (χ3n) is 5.28. The first-order valence-electron chi connectivity index (χ1n) is 9.88. The molecule has 1 aliphatic rings. The molecular formula is C22H30N3O3+. The van der Waals surface area contributed by atoms with Crippen molar-refractivity contribution in [3.05, 3.63) is 48.5 Å². The highest BCUT2D eigenvalue weighted by atomic mass is 16.5. The Kier molecular flexibility index (Phi) is 6.76. The van der Waals surface area contributed by atoms with Gasteiger partial charge in [-0.05, 0) is 62.4 Å². The predicted octanol–water partition coefficient (Wildman–Crippen LogP) is 1.83. The second-order valence-electron chi connectivity index (χ2n) is 7.01. The van der Waals surface area contributed by atoms with Crippen LogP contribution in [0.3, 0.4) is 0 Å². The van der Waals surface area contributed by atoms with Gasteiger partial charge in [0.25, 0.3) is 5.91 Å². The quantitative estimate of drug-likeness (QED) is 0.765. The molecule has 1 heterocycles. The maximum atomic E-state index is 12.7. The van der Waals surface area contributed by atoms with Crippen molar-refractivity contribution in [1.82, 2.24) is 0 Å². The number of piperazine rings is 1. The molecule has 3 rings (SSSR count). The highest BCUT2D eigenvalue weighted by Gasteiger charge is 2.29. The number of anilines is 2. The van der Waals surface area contributed by atoms with Crippen molar-refractivity contribution in [1.29, 1.82) is 0 Å². The Morgan fingerprint density at radius 1 is 1.07 bits per heavy atom. The van der Waals surface area contributed by atoms with E-state index in [-0.39, 0.29) is 11.9 Å². The minimum atomic E-state index is -0.0930. The number of methoxy groups -OCH3 is 1. The number of ether oxygens (including phenoxy) is 2. The predicted molar refractivity (Wildman–Crippen MR) is 112 cm³/mol. The third kappa shape index (κ3) is 4.95. The van der Waals surface area contributed by atoms with Crippen LogP contribution in [0.2, 0.25) is 0 Å². The summed E-state index contributed by atoms with van der Waals surface area (Å²) in [4.78, 5) is 16.3. The van der Waals surface area contributed by atoms with Crippen LogP contribution in [0.25, 0.3) is 0 Å². The summed E-state index contributed by atoms with van der Waals surface area (Å²) in [5, 5.41) is 3.02. The summed E-state index contributed by atoms with van der Waals surface area (Å²) >= 11 is 0. The average molecular weight is 385 g/mol. The number of hydrogen-bond donors (Lipinski definition) is 2. The maximum absolute atomic E-state index is 12.7. The average Bonchev–Trinajstić information content (AvgIpc) is 2.75. The molecule has 2 N–H and O–H groups in total. The Balaban J connectivity index is 1.50. The zero-order chi connectivity index (χ0) is 19.9. The molecule has 0 bridgehead atoms. The molecule has 1 fully saturated rings. The van der Waals surface area contributed by atoms with E-state index in [9.17, 15) is 4.79 Å². The van der Waals surface area contributed by atoms with Crippen LogP contribution < -0.4 is 24.6 Å². The van der Waals surface area contributed by atoms with Crippen LogP contribution in [0, 0.1) is 0 Å². The van der Waals surface area contributed by atoms with E-state index in [0.29, 0.717) is 6.61 Å². The fraction of sp³-hybridized carbons (Fsp3) is 0.409. The lowest BCUT2D eigenvalue weighted by Crippen LogP contribution is -3.19. The number of nitrogens with zero attached hydrogens (tertiary/aromatic N) is 1. The van der Waals surface area contributed by atoms with Gasteiger partial charge in [0.1, 0.15) is 11.5 Å². The second kappa shape index (κ2) is 9.46. The summed E-state index contributed by atoms with van der Waals surface area (Å²) in [5.74, 6) is 1.73. The number of quaternary nitrogens is 1. The summed E-state index contributed by atoms with van der Waals surface area (Å²) < 4.78 is 10.7. The van der Waals surface area contributed by atoms with Gasteiger partial charge in [0.15, 0.2) is 6.04 Å². The lowest BCUT2D eigenvalue weighted by molar-refractivity contribution is -0.914. The van der Waals surface area contributed by atoms with Gasteiger partial charge in [-0.25, -0.2) is 0 Å². The number of benzene rings is 2. The zero-order valence-corrected chi connectivity index (χ0v) is 16.9. The van der Waals surface area contributed by atoms with E-state index < -0.39 is 0 Å². The molecule has 0 unspecified atom stereocenters. The minimum Gasteiger partial charge on any atom is -0.497 e. The van der Waals surface area contributed by atoms with Gasteiger partial charge in [-0.3, -0.25) is 4.79 Å². The Morgan fingerprint density at radius 2 is 1.68 bits per heavy atom. The lowest BCUT2D eigenvalue weighted by Gasteiger charge is -2.36. The van der Waals surface area contributed by atoms with Crippen molar-refractivity contribution < 1.29 is 19.2 Å². The van der Waals surface area contributed by atoms with Crippen molar-refractivity contribution in [2.75, 3.05) is 50.1 Å². The molecule has 0 saturated carbocycles. The summed E-state index contributed by atoms with van der Waals surface area (Å²) in [6, 6.07) is 15.6. The standard InChI is InChI=1S/C22H29N3O3/c1-4-28-21-9-5-18(6-10-21)23-22(26)17(2)24-13-15-25(16-14-24)19-7-11-20(27-3)12-8-19/h5-12,17H,4,13-16H2,1-3H3,(H,23,26)/p+1/t17-/m0/s1. The number of hydrogen-bond acceptors (Lipinski definition) is 4. The van der Waals surface area contributed by atoms with Crippen LogP contribution in [0.1, 0.15) is 13.8 Å². The van der Waals surface area contributed by atoms with Crippen LogP contribution in [-0.2, 0) is 4.79 Å². The largest absolute Gasteiger partial charge is 0.497 e. The summed E-state index contributed by atoms with van der Waals surface area (Å²) in [7, 11) is 1.68. The van der Waals surface area contributed by atoms with Crippen molar-refractivity contribution in [3.8, 4) is 11.5 Å². The number of carbonyl (C=O) groups excluding carboxylic acids is 1. The van der Waals surface area contributed by atoms with Crippen LogP contribution in [0.4, 0.5) is 11.4 Å². The van der Waals surface area contributed by atoms with Gasteiger partial charge >= 0.3 is 0 Å². The number of amides is 1. The monoisotopic (exact) mass is 384 g/mol. The summed E-state index contributed by atoms with van der Waals surface area (Å²) in [5.41, 5.74) is 2.00. The van der Waals surface area contributed by atoms with Gasteiger partial charge in [0.2, 0.25) is 0 Å². The van der Waals surface area contributed by atoms with Gasteiger partial charge in [0.05, 0.1) is 39.9 Å². The van der Waals surface area contributed by atoms with Crippen LogP contribution >= 0.6 is 0 Å². The number of nitrogens with one attached hydrogen (secondary N) is 2. The van der Waals surface area contributed by atoms with E-state index in [2.05, 4.69) is 22.3 Å². The molecule has 0 aromatic heterocycles. The molecule has 6 heteroatoms. The molecule has 1 aliphatic heterocycles. The van der Waals surface area contributed by atoms with Crippen LogP contribution in [0.5, 0.6) is 11.5 Å². The Morgan fingerprint density at radius 3 is 2.25 bits per heavy atom. The Labute approximate surface area is 167 Å². The fourth-order valence-electron chi connectivity index (χ4n) is 3.52. The van der Waals surface area contributed by atoms with Crippen LogP contribution in [0.15, 0.2) is 48.5 Å². The molecule has 150 valence electrons. The zero-order valence-electron chi connectivity index (χ0n) is 16.9. The highest BCUT2D eigenvalue weighted by molar-refractivity contribution is 5.93. The SMILES string of the molecule is CCOc1ccc(NC(=O)[C@H](C)[NH+]2CCN(c3ccc(OC)cc3)CC2)cc1. The normalized spacial score (nSPS) is 15.8. The Hall–Kier alpha value is -2.73. The molecular weight excluding hydrogens is 354 g/mol. The first-order valence-corrected chi connectivity index (χ1v) is 9.88. The molecule has 0 spiro atoms. The topological polar surface area (TPSA) is 55.2 Å². The van der Waals surface area contributed by atoms with E-state index in [1.807, 2.05) is 50.2 Å². The number of rotatable bonds is 7. The summed E-state index contributed by atoms with van der Waals surface area (Å²) in [6.45, 7) is 8.32.